The highest BCUT2D eigenvalue weighted by Gasteiger charge is 2.22. The summed E-state index contributed by atoms with van der Waals surface area (Å²) < 4.78 is 5.38. The van der Waals surface area contributed by atoms with E-state index in [2.05, 4.69) is 5.32 Å². The van der Waals surface area contributed by atoms with Gasteiger partial charge in [0.15, 0.2) is 0 Å². The van der Waals surface area contributed by atoms with Crippen LogP contribution in [0.15, 0.2) is 0 Å². The molecule has 1 saturated heterocycles. The first-order valence-electron chi connectivity index (χ1n) is 5.70. The van der Waals surface area contributed by atoms with E-state index < -0.39 is 5.41 Å². The molecule has 0 radical (unpaired) electrons. The maximum absolute atomic E-state index is 9.10. The minimum Gasteiger partial charge on any atom is -0.396 e. The van der Waals surface area contributed by atoms with Crippen LogP contribution in [0.2, 0.25) is 0 Å². The molecule has 4 heteroatoms. The van der Waals surface area contributed by atoms with Crippen LogP contribution in [0.3, 0.4) is 0 Å². The first-order valence-corrected chi connectivity index (χ1v) is 5.70. The number of hydrogen-bond acceptors (Lipinski definition) is 4. The lowest BCUT2D eigenvalue weighted by Crippen LogP contribution is -2.40. The zero-order valence-corrected chi connectivity index (χ0v) is 9.54. The molecule has 4 nitrogen and oxygen atoms in total. The summed E-state index contributed by atoms with van der Waals surface area (Å²) in [4.78, 5) is 0. The zero-order chi connectivity index (χ0) is 11.1. The molecule has 15 heavy (non-hydrogen) atoms. The highest BCUT2D eigenvalue weighted by molar-refractivity contribution is 4.76. The van der Waals surface area contributed by atoms with E-state index in [0.29, 0.717) is 12.5 Å². The summed E-state index contributed by atoms with van der Waals surface area (Å²) in [6.07, 6.45) is 2.35. The molecule has 1 atom stereocenters. The summed E-state index contributed by atoms with van der Waals surface area (Å²) in [5, 5.41) is 21.5. The van der Waals surface area contributed by atoms with Crippen molar-refractivity contribution in [2.24, 2.45) is 11.3 Å². The fourth-order valence-corrected chi connectivity index (χ4v) is 1.71. The molecule has 0 amide bonds. The van der Waals surface area contributed by atoms with E-state index in [1.165, 1.54) is 6.42 Å². The Bertz CT molecular complexity index is 165. The second-order valence-electron chi connectivity index (χ2n) is 4.84. The van der Waals surface area contributed by atoms with E-state index in [4.69, 9.17) is 14.9 Å². The van der Waals surface area contributed by atoms with E-state index in [-0.39, 0.29) is 13.2 Å². The zero-order valence-electron chi connectivity index (χ0n) is 9.54. The molecule has 0 saturated carbocycles. The van der Waals surface area contributed by atoms with Gasteiger partial charge in [0.2, 0.25) is 0 Å². The summed E-state index contributed by atoms with van der Waals surface area (Å²) >= 11 is 0. The van der Waals surface area contributed by atoms with E-state index >= 15 is 0 Å². The summed E-state index contributed by atoms with van der Waals surface area (Å²) in [6.45, 7) is 5.18. The molecule has 1 fully saturated rings. The molecule has 0 aliphatic carbocycles. The average Bonchev–Trinajstić information content (AvgIpc) is 2.30. The number of rotatable bonds is 6. The van der Waals surface area contributed by atoms with Gasteiger partial charge in [0, 0.05) is 25.1 Å². The maximum Gasteiger partial charge on any atom is 0.0518 e. The van der Waals surface area contributed by atoms with E-state index in [0.717, 1.165) is 26.2 Å². The van der Waals surface area contributed by atoms with Crippen molar-refractivity contribution in [2.75, 3.05) is 39.5 Å². The second-order valence-corrected chi connectivity index (χ2v) is 4.84. The average molecular weight is 217 g/mol. The largest absolute Gasteiger partial charge is 0.396 e. The number of aliphatic hydroxyl groups is 2. The van der Waals surface area contributed by atoms with Gasteiger partial charge in [-0.15, -0.1) is 0 Å². The predicted molar refractivity (Wildman–Crippen MR) is 58.7 cm³/mol. The quantitative estimate of drug-likeness (QED) is 0.586. The van der Waals surface area contributed by atoms with Gasteiger partial charge in [-0.3, -0.25) is 0 Å². The van der Waals surface area contributed by atoms with Gasteiger partial charge in [-0.25, -0.2) is 0 Å². The topological polar surface area (TPSA) is 61.7 Å². The lowest BCUT2D eigenvalue weighted by molar-refractivity contribution is 0.0463. The highest BCUT2D eigenvalue weighted by atomic mass is 16.5. The van der Waals surface area contributed by atoms with Gasteiger partial charge in [-0.2, -0.15) is 0 Å². The number of aliphatic hydroxyl groups excluding tert-OH is 2. The minimum atomic E-state index is -0.407. The van der Waals surface area contributed by atoms with Crippen LogP contribution in [0.4, 0.5) is 0 Å². The van der Waals surface area contributed by atoms with Gasteiger partial charge >= 0.3 is 0 Å². The molecule has 0 bridgehead atoms. The Morgan fingerprint density at radius 3 is 2.67 bits per heavy atom. The monoisotopic (exact) mass is 217 g/mol. The van der Waals surface area contributed by atoms with Crippen molar-refractivity contribution in [3.63, 3.8) is 0 Å². The van der Waals surface area contributed by atoms with Gasteiger partial charge in [0.25, 0.3) is 0 Å². The van der Waals surface area contributed by atoms with E-state index in [1.807, 2.05) is 6.92 Å². The first-order chi connectivity index (χ1) is 7.20. The molecule has 3 N–H and O–H groups in total. The Morgan fingerprint density at radius 2 is 2.13 bits per heavy atom. The van der Waals surface area contributed by atoms with Crippen molar-refractivity contribution in [1.29, 1.82) is 0 Å². The van der Waals surface area contributed by atoms with Crippen LogP contribution < -0.4 is 5.32 Å². The Balaban J connectivity index is 2.14. The second kappa shape index (κ2) is 6.43. The first kappa shape index (κ1) is 12.9. The molecule has 1 aliphatic rings. The molecule has 0 spiro atoms. The Morgan fingerprint density at radius 1 is 1.40 bits per heavy atom. The molecule has 1 unspecified atom stereocenters. The molecule has 1 aliphatic heterocycles. The number of hydrogen-bond donors (Lipinski definition) is 3. The predicted octanol–water partition coefficient (Wildman–Crippen LogP) is -0.00650. The fourth-order valence-electron chi connectivity index (χ4n) is 1.71. The van der Waals surface area contributed by atoms with Crippen LogP contribution in [-0.2, 0) is 4.74 Å². The lowest BCUT2D eigenvalue weighted by Gasteiger charge is -2.27. The van der Waals surface area contributed by atoms with E-state index in [1.54, 1.807) is 0 Å². The van der Waals surface area contributed by atoms with Gasteiger partial charge in [-0.05, 0) is 18.8 Å². The molecule has 1 rings (SSSR count). The van der Waals surface area contributed by atoms with Crippen molar-refractivity contribution in [3.8, 4) is 0 Å². The summed E-state index contributed by atoms with van der Waals surface area (Å²) in [7, 11) is 0. The van der Waals surface area contributed by atoms with Gasteiger partial charge in [0.05, 0.1) is 19.8 Å². The Kier molecular flexibility index (Phi) is 5.53. The van der Waals surface area contributed by atoms with Crippen LogP contribution >= 0.6 is 0 Å². The molecule has 0 aromatic rings. The van der Waals surface area contributed by atoms with Crippen molar-refractivity contribution < 1.29 is 14.9 Å². The van der Waals surface area contributed by atoms with Crippen LogP contribution in [0.25, 0.3) is 0 Å². The smallest absolute Gasteiger partial charge is 0.0518 e. The maximum atomic E-state index is 9.10. The molecule has 90 valence electrons. The van der Waals surface area contributed by atoms with Gasteiger partial charge in [0.1, 0.15) is 0 Å². The SMILES string of the molecule is CC(CO)(CO)CNCC1CCCOC1. The summed E-state index contributed by atoms with van der Waals surface area (Å²) in [5.74, 6) is 0.584. The highest BCUT2D eigenvalue weighted by Crippen LogP contribution is 2.15. The third-order valence-electron chi connectivity index (χ3n) is 3.00. The Labute approximate surface area is 91.6 Å². The molecule has 0 aromatic heterocycles. The van der Waals surface area contributed by atoms with Gasteiger partial charge < -0.3 is 20.3 Å². The summed E-state index contributed by atoms with van der Waals surface area (Å²) in [6, 6.07) is 0. The van der Waals surface area contributed by atoms with Gasteiger partial charge in [-0.1, -0.05) is 6.92 Å². The van der Waals surface area contributed by atoms with Crippen LogP contribution in [0.1, 0.15) is 19.8 Å². The van der Waals surface area contributed by atoms with Crippen LogP contribution in [0.5, 0.6) is 0 Å². The Hall–Kier alpha value is -0.160. The lowest BCUT2D eigenvalue weighted by atomic mass is 9.92. The number of nitrogens with one attached hydrogen (secondary N) is 1. The number of ether oxygens (including phenoxy) is 1. The van der Waals surface area contributed by atoms with Crippen LogP contribution in [0, 0.1) is 11.3 Å². The fraction of sp³-hybridized carbons (Fsp3) is 1.00. The van der Waals surface area contributed by atoms with Crippen molar-refractivity contribution >= 4 is 0 Å². The minimum absolute atomic E-state index is 0.0116. The molecular weight excluding hydrogens is 194 g/mol. The molecule has 0 aromatic carbocycles. The van der Waals surface area contributed by atoms with Crippen LogP contribution in [-0.4, -0.2) is 49.7 Å². The van der Waals surface area contributed by atoms with Crippen molar-refractivity contribution in [2.45, 2.75) is 19.8 Å². The van der Waals surface area contributed by atoms with Crippen molar-refractivity contribution in [1.82, 2.24) is 5.32 Å². The summed E-state index contributed by atoms with van der Waals surface area (Å²) in [5.41, 5.74) is -0.407. The normalized spacial score (nSPS) is 23.0. The van der Waals surface area contributed by atoms with E-state index in [9.17, 15) is 0 Å². The molecular formula is C11H23NO3. The third-order valence-corrected chi connectivity index (χ3v) is 3.00. The third kappa shape index (κ3) is 4.47. The standard InChI is InChI=1S/C11H23NO3/c1-11(8-13,9-14)7-12-5-10-3-2-4-15-6-10/h10,12-14H,2-9H2,1H3. The van der Waals surface area contributed by atoms with Crippen molar-refractivity contribution in [3.05, 3.63) is 0 Å². The molecule has 1 heterocycles.